The molecule has 0 aromatic heterocycles. The van der Waals surface area contributed by atoms with Crippen LogP contribution >= 0.6 is 0 Å². The van der Waals surface area contributed by atoms with Crippen molar-refractivity contribution in [3.63, 3.8) is 0 Å². The van der Waals surface area contributed by atoms with Gasteiger partial charge in [-0.2, -0.15) is 0 Å². The lowest BCUT2D eigenvalue weighted by Gasteiger charge is -2.21. The predicted octanol–water partition coefficient (Wildman–Crippen LogP) is 2.90. The fraction of sp³-hybridized carbons (Fsp3) is 0.500. The summed E-state index contributed by atoms with van der Waals surface area (Å²) in [6.07, 6.45) is 1.87. The lowest BCUT2D eigenvalue weighted by molar-refractivity contribution is -0.137. The maximum Gasteiger partial charge on any atom is 0.303 e. The van der Waals surface area contributed by atoms with Crippen LogP contribution in [0, 0.1) is 5.82 Å². The van der Waals surface area contributed by atoms with Gasteiger partial charge in [-0.1, -0.05) is 19.1 Å². The van der Waals surface area contributed by atoms with E-state index in [1.54, 1.807) is 12.1 Å². The summed E-state index contributed by atoms with van der Waals surface area (Å²) in [5.74, 6) is -0.986. The number of benzene rings is 1. The van der Waals surface area contributed by atoms with Gasteiger partial charge in [0.25, 0.3) is 0 Å². The molecule has 0 aliphatic rings. The van der Waals surface area contributed by atoms with Crippen LogP contribution in [0.4, 0.5) is 4.39 Å². The van der Waals surface area contributed by atoms with Gasteiger partial charge in [0.1, 0.15) is 5.82 Å². The molecule has 0 aliphatic heterocycles. The van der Waals surface area contributed by atoms with Gasteiger partial charge in [0, 0.05) is 13.0 Å². The van der Waals surface area contributed by atoms with Gasteiger partial charge in [-0.05, 0) is 43.6 Å². The van der Waals surface area contributed by atoms with Gasteiger partial charge in [-0.25, -0.2) is 4.39 Å². The summed E-state index contributed by atoms with van der Waals surface area (Å²) < 4.78 is 12.8. The molecule has 0 amide bonds. The molecule has 1 N–H and O–H groups in total. The summed E-state index contributed by atoms with van der Waals surface area (Å²) in [5, 5.41) is 8.62. The fourth-order valence-electron chi connectivity index (χ4n) is 1.89. The van der Waals surface area contributed by atoms with Crippen LogP contribution in [0.1, 0.15) is 31.7 Å². The maximum absolute atomic E-state index is 12.8. The third-order valence-corrected chi connectivity index (χ3v) is 2.72. The number of aliphatic carboxylic acids is 1. The summed E-state index contributed by atoms with van der Waals surface area (Å²) in [7, 11) is 0. The molecule has 0 fully saturated rings. The highest BCUT2D eigenvalue weighted by Crippen LogP contribution is 2.08. The summed E-state index contributed by atoms with van der Waals surface area (Å²) in [5.41, 5.74) is 1.06. The number of carboxylic acid groups (broad SMARTS) is 1. The number of carboxylic acids is 1. The Kier molecular flexibility index (Phi) is 6.36. The normalized spacial score (nSPS) is 10.8. The van der Waals surface area contributed by atoms with Gasteiger partial charge in [-0.15, -0.1) is 0 Å². The second kappa shape index (κ2) is 7.82. The molecule has 4 heteroatoms. The van der Waals surface area contributed by atoms with E-state index in [1.165, 1.54) is 12.1 Å². The lowest BCUT2D eigenvalue weighted by Crippen LogP contribution is -2.25. The van der Waals surface area contributed by atoms with Crippen molar-refractivity contribution in [3.8, 4) is 0 Å². The van der Waals surface area contributed by atoms with E-state index in [0.717, 1.165) is 31.6 Å². The molecule has 1 aromatic carbocycles. The average molecular weight is 253 g/mol. The Morgan fingerprint density at radius 3 is 2.50 bits per heavy atom. The Labute approximate surface area is 107 Å². The van der Waals surface area contributed by atoms with Crippen LogP contribution < -0.4 is 0 Å². The first kappa shape index (κ1) is 14.6. The molecule has 0 saturated carbocycles. The zero-order valence-electron chi connectivity index (χ0n) is 10.7. The number of rotatable bonds is 8. The maximum atomic E-state index is 12.8. The Morgan fingerprint density at radius 2 is 1.94 bits per heavy atom. The van der Waals surface area contributed by atoms with E-state index in [-0.39, 0.29) is 12.2 Å². The summed E-state index contributed by atoms with van der Waals surface area (Å²) in [6, 6.07) is 6.46. The molecule has 3 nitrogen and oxygen atoms in total. The number of hydrogen-bond donors (Lipinski definition) is 1. The van der Waals surface area contributed by atoms with Crippen LogP contribution in [0.3, 0.4) is 0 Å². The largest absolute Gasteiger partial charge is 0.481 e. The van der Waals surface area contributed by atoms with Gasteiger partial charge < -0.3 is 5.11 Å². The van der Waals surface area contributed by atoms with Crippen molar-refractivity contribution in [2.24, 2.45) is 0 Å². The molecule has 0 atom stereocenters. The zero-order chi connectivity index (χ0) is 13.4. The van der Waals surface area contributed by atoms with Crippen LogP contribution in [0.2, 0.25) is 0 Å². The molecule has 18 heavy (non-hydrogen) atoms. The quantitative estimate of drug-likeness (QED) is 0.774. The van der Waals surface area contributed by atoms with Crippen LogP contribution in [0.25, 0.3) is 0 Å². The monoisotopic (exact) mass is 253 g/mol. The van der Waals surface area contributed by atoms with Gasteiger partial charge in [0.2, 0.25) is 0 Å². The molecule has 0 aliphatic carbocycles. The van der Waals surface area contributed by atoms with Crippen LogP contribution in [-0.4, -0.2) is 29.1 Å². The summed E-state index contributed by atoms with van der Waals surface area (Å²) in [4.78, 5) is 12.7. The number of hydrogen-bond acceptors (Lipinski definition) is 2. The van der Waals surface area contributed by atoms with Crippen LogP contribution in [-0.2, 0) is 11.3 Å². The molecule has 0 radical (unpaired) electrons. The van der Waals surface area contributed by atoms with E-state index < -0.39 is 5.97 Å². The third-order valence-electron chi connectivity index (χ3n) is 2.72. The predicted molar refractivity (Wildman–Crippen MR) is 68.8 cm³/mol. The first-order valence-corrected chi connectivity index (χ1v) is 6.30. The van der Waals surface area contributed by atoms with E-state index in [2.05, 4.69) is 11.8 Å². The number of carbonyl (C=O) groups is 1. The topological polar surface area (TPSA) is 40.5 Å². The number of halogens is 1. The van der Waals surface area contributed by atoms with Crippen molar-refractivity contribution < 1.29 is 14.3 Å². The molecule has 0 heterocycles. The van der Waals surface area contributed by atoms with Gasteiger partial charge in [0.05, 0.1) is 0 Å². The van der Waals surface area contributed by atoms with Gasteiger partial charge in [0.15, 0.2) is 0 Å². The molecule has 0 saturated heterocycles. The highest BCUT2D eigenvalue weighted by Gasteiger charge is 2.06. The Bertz CT molecular complexity index is 365. The third kappa shape index (κ3) is 5.77. The Hall–Kier alpha value is -1.42. The summed E-state index contributed by atoms with van der Waals surface area (Å²) >= 11 is 0. The minimum absolute atomic E-state index is 0.198. The lowest BCUT2D eigenvalue weighted by atomic mass is 10.2. The number of nitrogens with zero attached hydrogens (tertiary/aromatic N) is 1. The minimum atomic E-state index is -0.756. The molecule has 0 bridgehead atoms. The SMILES string of the molecule is CCCN(CCCC(=O)O)Cc1ccc(F)cc1. The van der Waals surface area contributed by atoms with Crippen molar-refractivity contribution in [1.82, 2.24) is 4.90 Å². The summed E-state index contributed by atoms with van der Waals surface area (Å²) in [6.45, 7) is 4.52. The highest BCUT2D eigenvalue weighted by atomic mass is 19.1. The second-order valence-electron chi connectivity index (χ2n) is 4.40. The smallest absolute Gasteiger partial charge is 0.303 e. The van der Waals surface area contributed by atoms with Crippen molar-refractivity contribution in [1.29, 1.82) is 0 Å². The second-order valence-corrected chi connectivity index (χ2v) is 4.40. The molecule has 1 rings (SSSR count). The van der Waals surface area contributed by atoms with E-state index in [0.29, 0.717) is 6.42 Å². The molecule has 100 valence electrons. The highest BCUT2D eigenvalue weighted by molar-refractivity contribution is 5.66. The average Bonchev–Trinajstić information content (AvgIpc) is 2.32. The van der Waals surface area contributed by atoms with Gasteiger partial charge >= 0.3 is 5.97 Å². The minimum Gasteiger partial charge on any atom is -0.481 e. The zero-order valence-corrected chi connectivity index (χ0v) is 10.7. The first-order valence-electron chi connectivity index (χ1n) is 6.30. The van der Waals surface area contributed by atoms with Crippen molar-refractivity contribution in [2.45, 2.75) is 32.7 Å². The van der Waals surface area contributed by atoms with Crippen LogP contribution in [0.15, 0.2) is 24.3 Å². The molecular weight excluding hydrogens is 233 g/mol. The molecule has 0 unspecified atom stereocenters. The Balaban J connectivity index is 2.46. The van der Waals surface area contributed by atoms with Crippen molar-refractivity contribution >= 4 is 5.97 Å². The molecular formula is C14H20FNO2. The van der Waals surface area contributed by atoms with Gasteiger partial charge in [-0.3, -0.25) is 9.69 Å². The first-order chi connectivity index (χ1) is 8.61. The standard InChI is InChI=1S/C14H20FNO2/c1-2-9-16(10-3-4-14(17)18)11-12-5-7-13(15)8-6-12/h5-8H,2-4,9-11H2,1H3,(H,17,18). The van der Waals surface area contributed by atoms with E-state index in [4.69, 9.17) is 5.11 Å². The molecule has 0 spiro atoms. The van der Waals surface area contributed by atoms with Crippen molar-refractivity contribution in [3.05, 3.63) is 35.6 Å². The van der Waals surface area contributed by atoms with E-state index in [9.17, 15) is 9.18 Å². The van der Waals surface area contributed by atoms with E-state index in [1.807, 2.05) is 0 Å². The van der Waals surface area contributed by atoms with Crippen molar-refractivity contribution in [2.75, 3.05) is 13.1 Å². The van der Waals surface area contributed by atoms with E-state index >= 15 is 0 Å². The molecule has 1 aromatic rings. The fourth-order valence-corrected chi connectivity index (χ4v) is 1.89. The Morgan fingerprint density at radius 1 is 1.28 bits per heavy atom. The van der Waals surface area contributed by atoms with Crippen LogP contribution in [0.5, 0.6) is 0 Å².